The van der Waals surface area contributed by atoms with Crippen LogP contribution in [-0.2, 0) is 16.6 Å². The summed E-state index contributed by atoms with van der Waals surface area (Å²) < 4.78 is 29.6. The highest BCUT2D eigenvalue weighted by molar-refractivity contribution is 6.31. The molecule has 0 radical (unpaired) electrons. The maximum absolute atomic E-state index is 14.8. The van der Waals surface area contributed by atoms with Gasteiger partial charge in [-0.1, -0.05) is 36.7 Å². The number of allylic oxidation sites excluding steroid dienone is 3. The third kappa shape index (κ3) is 7.15. The van der Waals surface area contributed by atoms with Crippen LogP contribution in [-0.4, -0.2) is 47.3 Å². The van der Waals surface area contributed by atoms with Gasteiger partial charge in [-0.05, 0) is 43.0 Å². The van der Waals surface area contributed by atoms with Gasteiger partial charge in [-0.15, -0.1) is 0 Å². The number of benzene rings is 1. The van der Waals surface area contributed by atoms with Crippen molar-refractivity contribution in [2.24, 2.45) is 18.9 Å². The number of nitrogens with zero attached hydrogens (tertiary/aromatic N) is 3. The molecule has 40 heavy (non-hydrogen) atoms. The molecule has 2 heterocycles. The van der Waals surface area contributed by atoms with Crippen LogP contribution in [0.5, 0.6) is 0 Å². The third-order valence-corrected chi connectivity index (χ3v) is 7.83. The van der Waals surface area contributed by atoms with Gasteiger partial charge in [-0.25, -0.2) is 13.5 Å². The maximum atomic E-state index is 14.8. The Bertz CT molecular complexity index is 1360. The van der Waals surface area contributed by atoms with Crippen LogP contribution in [0.4, 0.5) is 14.6 Å². The smallest absolute Gasteiger partial charge is 0.266 e. The summed E-state index contributed by atoms with van der Waals surface area (Å²) in [7, 11) is 1.54. The predicted molar refractivity (Wildman–Crippen MR) is 150 cm³/mol. The fraction of sp³-hybridized carbons (Fsp3) is 0.448. The van der Waals surface area contributed by atoms with E-state index >= 15 is 0 Å². The zero-order valence-electron chi connectivity index (χ0n) is 22.6. The van der Waals surface area contributed by atoms with Crippen LogP contribution in [0.25, 0.3) is 0 Å². The Morgan fingerprint density at radius 1 is 1.20 bits per heavy atom. The minimum Gasteiger partial charge on any atom is -0.356 e. The summed E-state index contributed by atoms with van der Waals surface area (Å²) in [5.74, 6) is -2.24. The molecule has 4 rings (SSSR count). The van der Waals surface area contributed by atoms with Crippen molar-refractivity contribution in [3.8, 4) is 0 Å². The van der Waals surface area contributed by atoms with E-state index in [1.165, 1.54) is 29.9 Å². The molecule has 8 nitrogen and oxygen atoms in total. The van der Waals surface area contributed by atoms with Gasteiger partial charge in [0.25, 0.3) is 5.56 Å². The van der Waals surface area contributed by atoms with Crippen LogP contribution in [0.2, 0.25) is 0 Å². The van der Waals surface area contributed by atoms with E-state index in [0.29, 0.717) is 36.7 Å². The largest absolute Gasteiger partial charge is 0.356 e. The molecule has 0 saturated carbocycles. The van der Waals surface area contributed by atoms with Crippen molar-refractivity contribution in [2.45, 2.75) is 44.6 Å². The Kier molecular flexibility index (Phi) is 9.73. The first-order valence-electron chi connectivity index (χ1n) is 13.5. The van der Waals surface area contributed by atoms with Crippen LogP contribution < -0.4 is 21.1 Å². The lowest BCUT2D eigenvalue weighted by Gasteiger charge is -2.27. The van der Waals surface area contributed by atoms with Gasteiger partial charge in [-0.3, -0.25) is 14.4 Å². The first-order chi connectivity index (χ1) is 19.2. The number of anilines is 1. The average molecular weight is 574 g/mol. The summed E-state index contributed by atoms with van der Waals surface area (Å²) in [5.41, 5.74) is -0.0124. The second-order valence-electron chi connectivity index (χ2n) is 10.2. The van der Waals surface area contributed by atoms with Crippen molar-refractivity contribution in [1.29, 1.82) is 0 Å². The number of carbonyl (C=O) groups excluding carboxylic acids is 2. The molecular formula is C29H34ClF2N5O3. The Balaban J connectivity index is 1.43. The molecule has 4 atom stereocenters. The third-order valence-electron chi connectivity index (χ3n) is 7.55. The standard InChI is InChI=1S/C29H34ClF2N5O3/c1-3-27(38)34-25(18-6-8-19(30)9-7-18)5-4-14-33-29(40)23-17-37(26-12-13-28(39)36(2)35-26)16-22(23)21-11-10-20(31)15-24(21)32/h6,8-13,15,18,22-23,25H,3-5,7,14,16-17H2,1-2H3,(H,33,40)(H,34,38)/t18?,22-,23+,25-/m0/s1. The normalized spacial score (nSPS) is 21.2. The summed E-state index contributed by atoms with van der Waals surface area (Å²) in [6.07, 6.45) is 8.14. The number of rotatable bonds is 10. The van der Waals surface area contributed by atoms with Gasteiger partial charge in [0.1, 0.15) is 17.5 Å². The fourth-order valence-electron chi connectivity index (χ4n) is 5.31. The Hall–Kier alpha value is -3.53. The monoisotopic (exact) mass is 573 g/mol. The van der Waals surface area contributed by atoms with Gasteiger partial charge in [0, 0.05) is 68.1 Å². The van der Waals surface area contributed by atoms with Crippen molar-refractivity contribution in [2.75, 3.05) is 24.5 Å². The molecule has 1 aromatic carbocycles. The number of nitrogens with one attached hydrogen (secondary N) is 2. The van der Waals surface area contributed by atoms with Gasteiger partial charge >= 0.3 is 0 Å². The molecule has 2 aliphatic rings. The predicted octanol–water partition coefficient (Wildman–Crippen LogP) is 3.77. The van der Waals surface area contributed by atoms with Crippen LogP contribution in [0, 0.1) is 23.5 Å². The molecule has 1 aliphatic heterocycles. The summed E-state index contributed by atoms with van der Waals surface area (Å²) in [5, 5.41) is 11.0. The van der Waals surface area contributed by atoms with Crippen molar-refractivity contribution < 1.29 is 18.4 Å². The highest BCUT2D eigenvalue weighted by Gasteiger charge is 2.40. The van der Waals surface area contributed by atoms with Gasteiger partial charge in [0.05, 0.1) is 5.92 Å². The number of hydrogen-bond donors (Lipinski definition) is 2. The fourth-order valence-corrected chi connectivity index (χ4v) is 5.47. The molecule has 11 heteroatoms. The molecule has 2 aromatic rings. The highest BCUT2D eigenvalue weighted by Crippen LogP contribution is 2.36. The number of hydrogen-bond acceptors (Lipinski definition) is 5. The summed E-state index contributed by atoms with van der Waals surface area (Å²) >= 11 is 6.06. The van der Waals surface area contributed by atoms with E-state index in [4.69, 9.17) is 11.6 Å². The number of aryl methyl sites for hydroxylation is 1. The van der Waals surface area contributed by atoms with E-state index in [1.54, 1.807) is 13.0 Å². The molecule has 1 aliphatic carbocycles. The first kappa shape index (κ1) is 29.5. The summed E-state index contributed by atoms with van der Waals surface area (Å²) in [4.78, 5) is 39.2. The number of aromatic nitrogens is 2. The number of carbonyl (C=O) groups is 2. The Labute approximate surface area is 237 Å². The summed E-state index contributed by atoms with van der Waals surface area (Å²) in [6.45, 7) is 2.71. The second-order valence-corrected chi connectivity index (χ2v) is 10.7. The van der Waals surface area contributed by atoms with Crippen molar-refractivity contribution >= 4 is 29.2 Å². The average Bonchev–Trinajstić information content (AvgIpc) is 3.37. The highest BCUT2D eigenvalue weighted by atomic mass is 35.5. The Morgan fingerprint density at radius 2 is 2.00 bits per heavy atom. The molecule has 2 amide bonds. The van der Waals surface area contributed by atoms with Crippen molar-refractivity contribution in [1.82, 2.24) is 20.4 Å². The first-order valence-corrected chi connectivity index (χ1v) is 13.9. The van der Waals surface area contributed by atoms with Crippen LogP contribution in [0.1, 0.15) is 44.1 Å². The van der Waals surface area contributed by atoms with Gasteiger partial charge in [0.15, 0.2) is 0 Å². The number of amides is 2. The second kappa shape index (κ2) is 13.2. The van der Waals surface area contributed by atoms with E-state index in [2.05, 4.69) is 15.7 Å². The molecule has 1 aromatic heterocycles. The minimum absolute atomic E-state index is 0.0367. The molecule has 0 spiro atoms. The molecule has 2 N–H and O–H groups in total. The van der Waals surface area contributed by atoms with Crippen molar-refractivity contribution in [3.05, 3.63) is 81.1 Å². The topological polar surface area (TPSA) is 96.3 Å². The molecule has 0 bridgehead atoms. The van der Waals surface area contributed by atoms with Gasteiger partial charge < -0.3 is 15.5 Å². The van der Waals surface area contributed by atoms with Crippen molar-refractivity contribution in [3.63, 3.8) is 0 Å². The molecule has 1 unspecified atom stereocenters. The molecule has 1 fully saturated rings. The molecule has 214 valence electrons. The summed E-state index contributed by atoms with van der Waals surface area (Å²) in [6, 6.07) is 6.26. The van der Waals surface area contributed by atoms with E-state index in [9.17, 15) is 23.2 Å². The van der Waals surface area contributed by atoms with E-state index in [-0.39, 0.29) is 48.0 Å². The lowest BCUT2D eigenvalue weighted by Crippen LogP contribution is -2.41. The van der Waals surface area contributed by atoms with E-state index < -0.39 is 23.5 Å². The lowest BCUT2D eigenvalue weighted by atomic mass is 9.87. The van der Waals surface area contributed by atoms with E-state index in [0.717, 1.165) is 12.5 Å². The molecule has 1 saturated heterocycles. The minimum atomic E-state index is -0.706. The molecular weight excluding hydrogens is 540 g/mol. The SMILES string of the molecule is CCC(=O)N[C@@H](CCCNC(=O)[C@@H]1CN(c2ccc(=O)n(C)n2)C[C@H]1c1ccc(F)cc1F)C1C=CC(Cl)=CC1. The van der Waals surface area contributed by atoms with Gasteiger partial charge in [-0.2, -0.15) is 5.10 Å². The maximum Gasteiger partial charge on any atom is 0.266 e. The van der Waals surface area contributed by atoms with Gasteiger partial charge in [0.2, 0.25) is 11.8 Å². The van der Waals surface area contributed by atoms with Crippen LogP contribution in [0.3, 0.4) is 0 Å². The lowest BCUT2D eigenvalue weighted by molar-refractivity contribution is -0.125. The van der Waals surface area contributed by atoms with E-state index in [1.807, 2.05) is 23.1 Å². The Morgan fingerprint density at radius 3 is 2.67 bits per heavy atom. The quantitative estimate of drug-likeness (QED) is 0.422. The van der Waals surface area contributed by atoms with Crippen LogP contribution in [0.15, 0.2) is 58.4 Å². The zero-order valence-corrected chi connectivity index (χ0v) is 23.3. The number of halogens is 3. The zero-order chi connectivity index (χ0) is 28.8. The van der Waals surface area contributed by atoms with Crippen LogP contribution >= 0.6 is 11.6 Å².